The molecule has 5 aliphatic rings. The molecule has 1 aromatic rings. The van der Waals surface area contributed by atoms with E-state index in [0.717, 1.165) is 29.7 Å². The van der Waals surface area contributed by atoms with Gasteiger partial charge in [-0.25, -0.2) is 22.4 Å². The second-order valence-corrected chi connectivity index (χ2v) is 18.2. The van der Waals surface area contributed by atoms with Crippen LogP contribution in [0.1, 0.15) is 103 Å². The third-order valence-electron chi connectivity index (χ3n) is 10.9. The number of ketones is 1. The van der Waals surface area contributed by atoms with Crippen LogP contribution >= 0.6 is 0 Å². The van der Waals surface area contributed by atoms with Gasteiger partial charge in [-0.15, -0.1) is 0 Å². The lowest BCUT2D eigenvalue weighted by Gasteiger charge is -2.30. The first-order chi connectivity index (χ1) is 25.9. The number of carbonyl (C=O) groups excluding carboxylic acids is 6. The number of sulfonamides is 1. The van der Waals surface area contributed by atoms with Crippen LogP contribution in [0.15, 0.2) is 29.8 Å². The maximum absolute atomic E-state index is 14.5. The summed E-state index contributed by atoms with van der Waals surface area (Å²) in [7, 11) is -3.93. The summed E-state index contributed by atoms with van der Waals surface area (Å²) in [5.74, 6) is -3.44. The summed E-state index contributed by atoms with van der Waals surface area (Å²) >= 11 is 0. The van der Waals surface area contributed by atoms with Crippen LogP contribution in [-0.2, 0) is 51.8 Å². The minimum absolute atomic E-state index is 0.0357. The number of benzene rings is 1. The predicted molar refractivity (Wildman–Crippen MR) is 195 cm³/mol. The van der Waals surface area contributed by atoms with Crippen molar-refractivity contribution in [2.24, 2.45) is 5.92 Å². The number of halogens is 1. The highest BCUT2D eigenvalue weighted by molar-refractivity contribution is 7.91. The van der Waals surface area contributed by atoms with Gasteiger partial charge in [-0.1, -0.05) is 31.1 Å². The SMILES string of the molecule is CC[C@@H]1C[C@]1(NC(=O)[C@@H]1C[C@@H](OC(=O)N2Cc3cccc(F)c3C2)CN1C(=O)[C@H](CCC(=O)C=C1CCC1)NC(=O)OC(C)(C)C)C(=O)NS(=O)(=O)C1CC1. The average Bonchev–Trinajstić information content (AvgIpc) is 3.98. The highest BCUT2D eigenvalue weighted by Crippen LogP contribution is 2.47. The molecule has 0 spiro atoms. The molecule has 17 heteroatoms. The van der Waals surface area contributed by atoms with Crippen molar-refractivity contribution in [2.45, 2.75) is 140 Å². The zero-order valence-electron chi connectivity index (χ0n) is 31.7. The Morgan fingerprint density at radius 2 is 1.82 bits per heavy atom. The number of amides is 5. The molecule has 2 heterocycles. The van der Waals surface area contributed by atoms with Gasteiger partial charge in [-0.2, -0.15) is 0 Å². The van der Waals surface area contributed by atoms with E-state index in [2.05, 4.69) is 15.4 Å². The molecule has 0 radical (unpaired) electrons. The fourth-order valence-corrected chi connectivity index (χ4v) is 8.78. The van der Waals surface area contributed by atoms with Gasteiger partial charge in [-0.3, -0.25) is 28.8 Å². The summed E-state index contributed by atoms with van der Waals surface area (Å²) < 4.78 is 53.2. The number of likely N-dealkylation sites (tertiary alicyclic amines) is 1. The van der Waals surface area contributed by atoms with Crippen molar-refractivity contribution in [1.29, 1.82) is 0 Å². The third-order valence-corrected chi connectivity index (χ3v) is 12.7. The molecule has 300 valence electrons. The van der Waals surface area contributed by atoms with Crippen LogP contribution < -0.4 is 15.4 Å². The van der Waals surface area contributed by atoms with Crippen molar-refractivity contribution in [1.82, 2.24) is 25.2 Å². The summed E-state index contributed by atoms with van der Waals surface area (Å²) in [4.78, 5) is 83.8. The number of hydrogen-bond acceptors (Lipinski definition) is 10. The molecule has 3 N–H and O–H groups in total. The van der Waals surface area contributed by atoms with Gasteiger partial charge in [0.2, 0.25) is 21.8 Å². The molecule has 3 saturated carbocycles. The molecule has 5 atom stereocenters. The second kappa shape index (κ2) is 15.5. The molecular formula is C38H50FN5O10S. The van der Waals surface area contributed by atoms with Crippen LogP contribution in [0.2, 0.25) is 0 Å². The van der Waals surface area contributed by atoms with E-state index in [1.54, 1.807) is 45.9 Å². The molecule has 15 nitrogen and oxygen atoms in total. The van der Waals surface area contributed by atoms with Crippen molar-refractivity contribution >= 4 is 45.7 Å². The molecule has 1 aromatic carbocycles. The van der Waals surface area contributed by atoms with Gasteiger partial charge in [0.1, 0.15) is 35.1 Å². The molecule has 2 aliphatic heterocycles. The summed E-state index contributed by atoms with van der Waals surface area (Å²) in [6, 6.07) is 1.90. The van der Waals surface area contributed by atoms with Crippen LogP contribution in [0.4, 0.5) is 14.0 Å². The highest BCUT2D eigenvalue weighted by atomic mass is 32.2. The molecule has 0 aromatic heterocycles. The topological polar surface area (TPSA) is 198 Å². The maximum atomic E-state index is 14.5. The van der Waals surface area contributed by atoms with Crippen molar-refractivity contribution < 1.29 is 51.0 Å². The van der Waals surface area contributed by atoms with Crippen molar-refractivity contribution in [3.8, 4) is 0 Å². The van der Waals surface area contributed by atoms with Gasteiger partial charge < -0.3 is 25.0 Å². The van der Waals surface area contributed by atoms with Gasteiger partial charge in [0.05, 0.1) is 18.3 Å². The predicted octanol–water partition coefficient (Wildman–Crippen LogP) is 3.49. The van der Waals surface area contributed by atoms with Gasteiger partial charge in [-0.05, 0) is 89.3 Å². The fourth-order valence-electron chi connectivity index (χ4n) is 7.42. The number of rotatable bonds is 13. The molecule has 0 unspecified atom stereocenters. The number of nitrogens with one attached hydrogen (secondary N) is 3. The Kier molecular flexibility index (Phi) is 11.3. The molecule has 1 saturated heterocycles. The zero-order chi connectivity index (χ0) is 39.9. The Bertz CT molecular complexity index is 1890. The summed E-state index contributed by atoms with van der Waals surface area (Å²) in [6.45, 7) is 6.52. The van der Waals surface area contributed by atoms with E-state index in [1.165, 1.54) is 11.0 Å². The molecule has 3 aliphatic carbocycles. The summed E-state index contributed by atoms with van der Waals surface area (Å²) in [5, 5.41) is 4.63. The minimum Gasteiger partial charge on any atom is -0.444 e. The summed E-state index contributed by atoms with van der Waals surface area (Å²) in [5.41, 5.74) is -0.472. The van der Waals surface area contributed by atoms with Crippen LogP contribution in [0, 0.1) is 11.7 Å². The zero-order valence-corrected chi connectivity index (χ0v) is 32.5. The van der Waals surface area contributed by atoms with Gasteiger partial charge in [0, 0.05) is 24.9 Å². The molecule has 0 bridgehead atoms. The van der Waals surface area contributed by atoms with Crippen molar-refractivity contribution in [3.63, 3.8) is 0 Å². The summed E-state index contributed by atoms with van der Waals surface area (Å²) in [6.07, 6.45) is 2.50. The Morgan fingerprint density at radius 3 is 2.42 bits per heavy atom. The van der Waals surface area contributed by atoms with E-state index >= 15 is 0 Å². The van der Waals surface area contributed by atoms with Crippen LogP contribution in [0.5, 0.6) is 0 Å². The molecular weight excluding hydrogens is 738 g/mol. The highest BCUT2D eigenvalue weighted by Gasteiger charge is 2.62. The minimum atomic E-state index is -3.93. The Hall–Kier alpha value is -4.54. The molecule has 4 fully saturated rings. The number of allylic oxidation sites excluding steroid dienone is 2. The first-order valence-electron chi connectivity index (χ1n) is 19.0. The molecule has 5 amide bonds. The van der Waals surface area contributed by atoms with E-state index in [1.807, 2.05) is 0 Å². The largest absolute Gasteiger partial charge is 0.444 e. The van der Waals surface area contributed by atoms with E-state index in [-0.39, 0.29) is 57.0 Å². The average molecular weight is 788 g/mol. The van der Waals surface area contributed by atoms with E-state index in [9.17, 15) is 41.6 Å². The normalized spacial score (nSPS) is 24.9. The van der Waals surface area contributed by atoms with Gasteiger partial charge in [0.15, 0.2) is 5.78 Å². The van der Waals surface area contributed by atoms with Gasteiger partial charge in [0.25, 0.3) is 5.91 Å². The number of nitrogens with zero attached hydrogens (tertiary/aromatic N) is 2. The number of hydrogen-bond donors (Lipinski definition) is 3. The number of alkyl carbamates (subject to hydrolysis) is 1. The quantitative estimate of drug-likeness (QED) is 0.249. The Labute approximate surface area is 320 Å². The molecule has 6 rings (SSSR count). The smallest absolute Gasteiger partial charge is 0.410 e. The number of ether oxygens (including phenoxy) is 2. The van der Waals surface area contributed by atoms with E-state index < -0.39 is 80.3 Å². The third kappa shape index (κ3) is 9.30. The maximum Gasteiger partial charge on any atom is 0.410 e. The first kappa shape index (κ1) is 40.1. The number of fused-ring (bicyclic) bond motifs is 1. The van der Waals surface area contributed by atoms with Crippen molar-refractivity contribution in [2.75, 3.05) is 6.54 Å². The lowest BCUT2D eigenvalue weighted by atomic mass is 9.91. The van der Waals surface area contributed by atoms with Gasteiger partial charge >= 0.3 is 12.2 Å². The van der Waals surface area contributed by atoms with E-state index in [4.69, 9.17) is 9.47 Å². The molecule has 55 heavy (non-hydrogen) atoms. The Morgan fingerprint density at radius 1 is 1.09 bits per heavy atom. The second-order valence-electron chi connectivity index (χ2n) is 16.3. The van der Waals surface area contributed by atoms with E-state index in [0.29, 0.717) is 30.4 Å². The van der Waals surface area contributed by atoms with Crippen molar-refractivity contribution in [3.05, 3.63) is 46.8 Å². The van der Waals surface area contributed by atoms with Crippen LogP contribution in [-0.4, -0.2) is 95.0 Å². The Balaban J connectivity index is 1.23. The lowest BCUT2D eigenvalue weighted by molar-refractivity contribution is -0.141. The standard InChI is InChI=1S/C38H50FN5O10S/c1-5-24-18-38(24,34(48)42-55(51,52)27-13-14-27)41-32(46)31-17-26(53-36(50)43-19-23-10-7-11-29(39)28(23)21-43)20-44(31)33(47)30(40-35(49)54-37(2,3)4)15-12-25(45)16-22-8-6-9-22/h7,10-11,16,24,26-27,30-31H,5-6,8-9,12-15,17-21H2,1-4H3,(H,40,49)(H,41,46)(H,42,48)/t24-,26-,30+,31+,38-/m1/s1. The fraction of sp³-hybridized carbons (Fsp3) is 0.632. The first-order valence-corrected chi connectivity index (χ1v) is 20.6. The van der Waals surface area contributed by atoms with Crippen LogP contribution in [0.25, 0.3) is 0 Å². The number of carbonyl (C=O) groups is 6. The lowest BCUT2D eigenvalue weighted by Crippen LogP contribution is -2.58. The van der Waals surface area contributed by atoms with Crippen LogP contribution in [0.3, 0.4) is 0 Å². The monoisotopic (exact) mass is 787 g/mol.